The number of aromatic hydroxyl groups is 1. The van der Waals surface area contributed by atoms with Crippen molar-refractivity contribution in [3.05, 3.63) is 63.5 Å². The summed E-state index contributed by atoms with van der Waals surface area (Å²) in [4.78, 5) is 22.0. The number of phenols is 1. The number of phenolic OH excluding ortho intramolecular Hbond substituents is 1. The predicted molar refractivity (Wildman–Crippen MR) is 73.9 cm³/mol. The summed E-state index contributed by atoms with van der Waals surface area (Å²) in [7, 11) is 0. The number of halogens is 1. The minimum atomic E-state index is -0.829. The van der Waals surface area contributed by atoms with E-state index in [1.54, 1.807) is 19.1 Å². The van der Waals surface area contributed by atoms with Crippen molar-refractivity contribution in [1.82, 2.24) is 0 Å². The van der Waals surface area contributed by atoms with E-state index in [-0.39, 0.29) is 17.0 Å². The van der Waals surface area contributed by atoms with Crippen LogP contribution in [0.4, 0.5) is 15.8 Å². The molecule has 0 unspecified atom stereocenters. The molecule has 0 aliphatic heterocycles. The molecule has 2 aromatic rings. The molecule has 1 amide bonds. The maximum absolute atomic E-state index is 13.0. The Labute approximate surface area is 119 Å². The number of amides is 1. The molecular formula is C14H11FN2O4. The average molecular weight is 290 g/mol. The normalized spacial score (nSPS) is 10.2. The van der Waals surface area contributed by atoms with Crippen molar-refractivity contribution in [2.45, 2.75) is 6.92 Å². The van der Waals surface area contributed by atoms with Crippen molar-refractivity contribution >= 4 is 17.3 Å². The van der Waals surface area contributed by atoms with Crippen LogP contribution < -0.4 is 5.32 Å². The van der Waals surface area contributed by atoms with Crippen LogP contribution in [-0.2, 0) is 0 Å². The van der Waals surface area contributed by atoms with E-state index in [1.165, 1.54) is 6.07 Å². The number of rotatable bonds is 3. The van der Waals surface area contributed by atoms with E-state index in [1.807, 2.05) is 0 Å². The predicted octanol–water partition coefficient (Wildman–Crippen LogP) is 3.00. The van der Waals surface area contributed by atoms with Gasteiger partial charge in [-0.15, -0.1) is 0 Å². The third-order valence-corrected chi connectivity index (χ3v) is 2.87. The van der Waals surface area contributed by atoms with Crippen molar-refractivity contribution in [2.24, 2.45) is 0 Å². The minimum absolute atomic E-state index is 0.0126. The minimum Gasteiger partial charge on any atom is -0.508 e. The summed E-state index contributed by atoms with van der Waals surface area (Å²) in [5.41, 5.74) is 0.0211. The first-order valence-corrected chi connectivity index (χ1v) is 5.93. The second kappa shape index (κ2) is 5.58. The van der Waals surface area contributed by atoms with Crippen molar-refractivity contribution in [3.8, 4) is 5.75 Å². The monoisotopic (exact) mass is 290 g/mol. The summed E-state index contributed by atoms with van der Waals surface area (Å²) in [6.45, 7) is 1.69. The van der Waals surface area contributed by atoms with Gasteiger partial charge in [-0.1, -0.05) is 6.07 Å². The largest absolute Gasteiger partial charge is 0.508 e. The number of hydrogen-bond donors (Lipinski definition) is 2. The molecule has 0 saturated heterocycles. The summed E-state index contributed by atoms with van der Waals surface area (Å²) < 4.78 is 13.0. The van der Waals surface area contributed by atoms with Crippen molar-refractivity contribution in [1.29, 1.82) is 0 Å². The van der Waals surface area contributed by atoms with Crippen LogP contribution in [0.15, 0.2) is 36.4 Å². The molecule has 2 N–H and O–H groups in total. The molecule has 0 aromatic heterocycles. The van der Waals surface area contributed by atoms with E-state index < -0.39 is 22.3 Å². The van der Waals surface area contributed by atoms with Gasteiger partial charge in [0.1, 0.15) is 17.1 Å². The fourth-order valence-corrected chi connectivity index (χ4v) is 1.73. The first kappa shape index (κ1) is 14.4. The third-order valence-electron chi connectivity index (χ3n) is 2.87. The molecule has 2 rings (SSSR count). The Hall–Kier alpha value is -2.96. The summed E-state index contributed by atoms with van der Waals surface area (Å²) >= 11 is 0. The fourth-order valence-electron chi connectivity index (χ4n) is 1.73. The zero-order valence-electron chi connectivity index (χ0n) is 11.0. The number of nitrogens with one attached hydrogen (secondary N) is 1. The molecule has 0 atom stereocenters. The lowest BCUT2D eigenvalue weighted by Crippen LogP contribution is -2.14. The Morgan fingerprint density at radius 1 is 1.29 bits per heavy atom. The van der Waals surface area contributed by atoms with Gasteiger partial charge in [0.25, 0.3) is 11.6 Å². The van der Waals surface area contributed by atoms with Gasteiger partial charge >= 0.3 is 0 Å². The van der Waals surface area contributed by atoms with E-state index in [4.69, 9.17) is 0 Å². The third kappa shape index (κ3) is 3.14. The molecular weight excluding hydrogens is 279 g/mol. The summed E-state index contributed by atoms with van der Waals surface area (Å²) in [5, 5.41) is 22.8. The van der Waals surface area contributed by atoms with Gasteiger partial charge in [0, 0.05) is 11.8 Å². The smallest absolute Gasteiger partial charge is 0.285 e. The van der Waals surface area contributed by atoms with Gasteiger partial charge in [-0.25, -0.2) is 4.39 Å². The van der Waals surface area contributed by atoms with Crippen LogP contribution in [0.25, 0.3) is 0 Å². The van der Waals surface area contributed by atoms with E-state index in [2.05, 4.69) is 5.32 Å². The van der Waals surface area contributed by atoms with E-state index in [0.717, 1.165) is 12.1 Å². The van der Waals surface area contributed by atoms with Gasteiger partial charge in [0.15, 0.2) is 0 Å². The van der Waals surface area contributed by atoms with Gasteiger partial charge in [0.2, 0.25) is 0 Å². The number of carbonyl (C=O) groups excluding carboxylic acids is 1. The molecule has 0 aliphatic carbocycles. The Balaban J connectivity index is 2.32. The van der Waals surface area contributed by atoms with E-state index >= 15 is 0 Å². The molecule has 0 saturated carbocycles. The number of nitro benzene ring substituents is 1. The lowest BCUT2D eigenvalue weighted by molar-refractivity contribution is -0.385. The maximum Gasteiger partial charge on any atom is 0.285 e. The van der Waals surface area contributed by atoms with Crippen LogP contribution >= 0.6 is 0 Å². The zero-order valence-corrected chi connectivity index (χ0v) is 11.0. The fraction of sp³-hybridized carbons (Fsp3) is 0.0714. The van der Waals surface area contributed by atoms with Crippen molar-refractivity contribution in [3.63, 3.8) is 0 Å². The quantitative estimate of drug-likeness (QED) is 0.671. The molecule has 0 fully saturated rings. The Morgan fingerprint density at radius 2 is 2.00 bits per heavy atom. The molecule has 2 aromatic carbocycles. The van der Waals surface area contributed by atoms with Crippen LogP contribution in [0, 0.1) is 22.9 Å². The maximum atomic E-state index is 13.0. The highest BCUT2D eigenvalue weighted by Crippen LogP contribution is 2.24. The molecule has 21 heavy (non-hydrogen) atoms. The lowest BCUT2D eigenvalue weighted by Gasteiger charge is -2.07. The van der Waals surface area contributed by atoms with Gasteiger partial charge in [-0.2, -0.15) is 0 Å². The Bertz CT molecular complexity index is 731. The lowest BCUT2D eigenvalue weighted by atomic mass is 10.1. The van der Waals surface area contributed by atoms with Crippen molar-refractivity contribution in [2.75, 3.05) is 5.32 Å². The van der Waals surface area contributed by atoms with E-state index in [9.17, 15) is 24.4 Å². The number of benzene rings is 2. The summed E-state index contributed by atoms with van der Waals surface area (Å²) in [6.07, 6.45) is 0. The summed E-state index contributed by atoms with van der Waals surface area (Å²) in [6, 6.07) is 7.14. The van der Waals surface area contributed by atoms with Gasteiger partial charge < -0.3 is 10.4 Å². The highest BCUT2D eigenvalue weighted by atomic mass is 19.1. The molecule has 108 valence electrons. The second-order valence-electron chi connectivity index (χ2n) is 4.37. The average Bonchev–Trinajstić information content (AvgIpc) is 2.42. The first-order chi connectivity index (χ1) is 9.88. The van der Waals surface area contributed by atoms with Crippen LogP contribution in [0.5, 0.6) is 5.75 Å². The van der Waals surface area contributed by atoms with Gasteiger partial charge in [-0.3, -0.25) is 14.9 Å². The highest BCUT2D eigenvalue weighted by Gasteiger charge is 2.21. The SMILES string of the molecule is Cc1ccc(NC(=O)c2ccc(F)cc2[N+](=O)[O-])cc1O. The van der Waals surface area contributed by atoms with E-state index in [0.29, 0.717) is 11.6 Å². The number of carbonyl (C=O) groups is 1. The molecule has 0 radical (unpaired) electrons. The standard InChI is InChI=1S/C14H11FN2O4/c1-8-2-4-10(7-13(8)18)16-14(19)11-5-3-9(15)6-12(11)17(20)21/h2-7,18H,1H3,(H,16,19). The number of nitro groups is 1. The topological polar surface area (TPSA) is 92.5 Å². The molecule has 0 bridgehead atoms. The van der Waals surface area contributed by atoms with Gasteiger partial charge in [0.05, 0.1) is 11.0 Å². The number of hydrogen-bond acceptors (Lipinski definition) is 4. The van der Waals surface area contributed by atoms with Crippen LogP contribution in [0.1, 0.15) is 15.9 Å². The molecule has 0 heterocycles. The first-order valence-electron chi connectivity index (χ1n) is 5.93. The number of aryl methyl sites for hydroxylation is 1. The second-order valence-corrected chi connectivity index (χ2v) is 4.37. The van der Waals surface area contributed by atoms with Crippen LogP contribution in [0.3, 0.4) is 0 Å². The number of anilines is 1. The van der Waals surface area contributed by atoms with Crippen LogP contribution in [0.2, 0.25) is 0 Å². The Morgan fingerprint density at radius 3 is 2.62 bits per heavy atom. The molecule has 7 heteroatoms. The molecule has 0 aliphatic rings. The zero-order chi connectivity index (χ0) is 15.6. The van der Waals surface area contributed by atoms with Crippen LogP contribution in [-0.4, -0.2) is 15.9 Å². The Kier molecular flexibility index (Phi) is 3.84. The molecule has 0 spiro atoms. The molecule has 6 nitrogen and oxygen atoms in total. The number of nitrogens with zero attached hydrogens (tertiary/aromatic N) is 1. The summed E-state index contributed by atoms with van der Waals surface area (Å²) in [5.74, 6) is -1.57. The van der Waals surface area contributed by atoms with Gasteiger partial charge in [-0.05, 0) is 30.7 Å². The van der Waals surface area contributed by atoms with Crippen molar-refractivity contribution < 1.29 is 19.2 Å². The highest BCUT2D eigenvalue weighted by molar-refractivity contribution is 6.07.